The van der Waals surface area contributed by atoms with E-state index in [-0.39, 0.29) is 29.3 Å². The molecule has 1 aliphatic rings. The van der Waals surface area contributed by atoms with Crippen LogP contribution < -0.4 is 0 Å². The van der Waals surface area contributed by atoms with Crippen molar-refractivity contribution in [3.8, 4) is 10.4 Å². The Morgan fingerprint density at radius 1 is 1.30 bits per heavy atom. The monoisotopic (exact) mass is 405 g/mol. The summed E-state index contributed by atoms with van der Waals surface area (Å²) >= 11 is 1.39. The minimum absolute atomic E-state index is 0.00312. The molecule has 7 heteroatoms. The summed E-state index contributed by atoms with van der Waals surface area (Å²) in [5, 5.41) is 0. The molecule has 27 heavy (non-hydrogen) atoms. The Bertz CT molecular complexity index is 979. The van der Waals surface area contributed by atoms with Crippen molar-refractivity contribution in [1.29, 1.82) is 0 Å². The second kappa shape index (κ2) is 8.19. The van der Waals surface area contributed by atoms with Gasteiger partial charge in [-0.3, -0.25) is 4.79 Å². The molecule has 1 aromatic carbocycles. The summed E-state index contributed by atoms with van der Waals surface area (Å²) in [4.78, 5) is 15.7. The van der Waals surface area contributed by atoms with E-state index >= 15 is 0 Å². The standard InChI is InChI=1S/C20H20FNO3S2/c1-2-12-22(15-11-13-27(24,25)14-15)20(23)10-8-16-7-9-19(26-16)17-5-3-4-6-18(17)21/h2-10,15H,1,11-14H2. The molecule has 1 atom stereocenters. The highest BCUT2D eigenvalue weighted by Crippen LogP contribution is 2.30. The second-order valence-electron chi connectivity index (χ2n) is 6.35. The van der Waals surface area contributed by atoms with Crippen LogP contribution in [0.4, 0.5) is 4.39 Å². The predicted octanol–water partition coefficient (Wildman–Crippen LogP) is 3.77. The van der Waals surface area contributed by atoms with Gasteiger partial charge in [0.15, 0.2) is 9.84 Å². The van der Waals surface area contributed by atoms with Gasteiger partial charge >= 0.3 is 0 Å². The van der Waals surface area contributed by atoms with Crippen LogP contribution in [0.5, 0.6) is 0 Å². The predicted molar refractivity (Wildman–Crippen MR) is 108 cm³/mol. The highest BCUT2D eigenvalue weighted by molar-refractivity contribution is 7.91. The summed E-state index contributed by atoms with van der Waals surface area (Å²) in [5.41, 5.74) is 0.526. The van der Waals surface area contributed by atoms with E-state index in [0.29, 0.717) is 18.5 Å². The van der Waals surface area contributed by atoms with Gasteiger partial charge in [-0.05, 0) is 30.7 Å². The molecule has 0 saturated carbocycles. The Kier molecular flexibility index (Phi) is 5.92. The molecule has 0 bridgehead atoms. The van der Waals surface area contributed by atoms with Crippen LogP contribution in [0.25, 0.3) is 16.5 Å². The zero-order valence-corrected chi connectivity index (χ0v) is 16.3. The number of hydrogen-bond acceptors (Lipinski definition) is 4. The number of amides is 1. The highest BCUT2D eigenvalue weighted by atomic mass is 32.2. The van der Waals surface area contributed by atoms with E-state index < -0.39 is 9.84 Å². The number of halogens is 1. The number of thiophene rings is 1. The maximum atomic E-state index is 13.9. The van der Waals surface area contributed by atoms with E-state index in [1.54, 1.807) is 35.3 Å². The van der Waals surface area contributed by atoms with Crippen LogP contribution in [0.15, 0.2) is 55.1 Å². The number of carbonyl (C=O) groups excluding carboxylic acids is 1. The quantitative estimate of drug-likeness (QED) is 0.543. The SMILES string of the molecule is C=CCN(C(=O)C=Cc1ccc(-c2ccccc2F)s1)C1CCS(=O)(=O)C1. The molecule has 0 aliphatic carbocycles. The molecule has 2 aromatic rings. The smallest absolute Gasteiger partial charge is 0.247 e. The molecule has 0 N–H and O–H groups in total. The maximum Gasteiger partial charge on any atom is 0.247 e. The second-order valence-corrected chi connectivity index (χ2v) is 9.70. The molecule has 0 spiro atoms. The zero-order valence-electron chi connectivity index (χ0n) is 14.7. The van der Waals surface area contributed by atoms with Gasteiger partial charge in [0.2, 0.25) is 5.91 Å². The van der Waals surface area contributed by atoms with Crippen molar-refractivity contribution < 1.29 is 17.6 Å². The summed E-state index contributed by atoms with van der Waals surface area (Å²) < 4.78 is 37.3. The molecule has 1 saturated heterocycles. The van der Waals surface area contributed by atoms with Gasteiger partial charge in [-0.2, -0.15) is 0 Å². The lowest BCUT2D eigenvalue weighted by atomic mass is 10.2. The van der Waals surface area contributed by atoms with E-state index in [2.05, 4.69) is 6.58 Å². The molecule has 1 unspecified atom stereocenters. The van der Waals surface area contributed by atoms with E-state index in [0.717, 1.165) is 9.75 Å². The van der Waals surface area contributed by atoms with Gasteiger partial charge in [0.05, 0.1) is 11.5 Å². The molecule has 1 fully saturated rings. The number of carbonyl (C=O) groups is 1. The van der Waals surface area contributed by atoms with E-state index in [1.165, 1.54) is 23.5 Å². The van der Waals surface area contributed by atoms with E-state index in [9.17, 15) is 17.6 Å². The summed E-state index contributed by atoms with van der Waals surface area (Å²) in [6, 6.07) is 9.88. The lowest BCUT2D eigenvalue weighted by molar-refractivity contribution is -0.127. The highest BCUT2D eigenvalue weighted by Gasteiger charge is 2.33. The molecular formula is C20H20FNO3S2. The number of benzene rings is 1. The first-order chi connectivity index (χ1) is 12.9. The summed E-state index contributed by atoms with van der Waals surface area (Å²) in [6.45, 7) is 3.95. The van der Waals surface area contributed by atoms with Crippen LogP contribution in [-0.4, -0.2) is 43.3 Å². The number of sulfone groups is 1. The minimum Gasteiger partial charge on any atom is -0.331 e. The van der Waals surface area contributed by atoms with Crippen molar-refractivity contribution in [1.82, 2.24) is 4.90 Å². The molecule has 1 aliphatic heterocycles. The van der Waals surface area contributed by atoms with Crippen molar-refractivity contribution in [2.45, 2.75) is 12.5 Å². The molecule has 3 rings (SSSR count). The Hall–Kier alpha value is -2.25. The normalized spacial score (nSPS) is 18.6. The third-order valence-corrected chi connectivity index (χ3v) is 7.25. The van der Waals surface area contributed by atoms with E-state index in [4.69, 9.17) is 0 Å². The first-order valence-corrected chi connectivity index (χ1v) is 11.2. The molecule has 0 radical (unpaired) electrons. The molecule has 4 nitrogen and oxygen atoms in total. The van der Waals surface area contributed by atoms with Crippen molar-refractivity contribution >= 4 is 33.2 Å². The third-order valence-electron chi connectivity index (χ3n) is 4.41. The lowest BCUT2D eigenvalue weighted by Crippen LogP contribution is -2.40. The average molecular weight is 406 g/mol. The molecule has 1 aromatic heterocycles. The van der Waals surface area contributed by atoms with Crippen LogP contribution in [-0.2, 0) is 14.6 Å². The van der Waals surface area contributed by atoms with Gasteiger partial charge in [0.1, 0.15) is 5.82 Å². The maximum absolute atomic E-state index is 13.9. The summed E-state index contributed by atoms with van der Waals surface area (Å²) in [5.74, 6) is -0.431. The Balaban J connectivity index is 1.73. The molecule has 2 heterocycles. The molecular weight excluding hydrogens is 385 g/mol. The van der Waals surface area contributed by atoms with Gasteiger partial charge in [0.25, 0.3) is 0 Å². The Morgan fingerprint density at radius 2 is 2.07 bits per heavy atom. The largest absolute Gasteiger partial charge is 0.331 e. The van der Waals surface area contributed by atoms with Crippen molar-refractivity contribution in [2.24, 2.45) is 0 Å². The van der Waals surface area contributed by atoms with Crippen LogP contribution in [0.2, 0.25) is 0 Å². The number of rotatable bonds is 6. The zero-order chi connectivity index (χ0) is 19.4. The van der Waals surface area contributed by atoms with Crippen molar-refractivity contribution in [3.05, 3.63) is 65.8 Å². The number of nitrogens with zero attached hydrogens (tertiary/aromatic N) is 1. The minimum atomic E-state index is -3.08. The fourth-order valence-corrected chi connectivity index (χ4v) is 5.75. The first kappa shape index (κ1) is 19.5. The lowest BCUT2D eigenvalue weighted by Gasteiger charge is -2.25. The molecule has 1 amide bonds. The van der Waals surface area contributed by atoms with E-state index in [1.807, 2.05) is 12.1 Å². The Morgan fingerprint density at radius 3 is 2.74 bits per heavy atom. The van der Waals surface area contributed by atoms with Crippen LogP contribution in [0, 0.1) is 5.82 Å². The van der Waals surface area contributed by atoms with Gasteiger partial charge in [-0.1, -0.05) is 24.3 Å². The van der Waals surface area contributed by atoms with Gasteiger partial charge < -0.3 is 4.90 Å². The topological polar surface area (TPSA) is 54.5 Å². The van der Waals surface area contributed by atoms with Gasteiger partial charge in [-0.25, -0.2) is 12.8 Å². The summed E-state index contributed by atoms with van der Waals surface area (Å²) in [6.07, 6.45) is 5.16. The van der Waals surface area contributed by atoms with Crippen LogP contribution in [0.1, 0.15) is 11.3 Å². The van der Waals surface area contributed by atoms with Crippen LogP contribution in [0.3, 0.4) is 0 Å². The summed E-state index contributed by atoms with van der Waals surface area (Å²) in [7, 11) is -3.08. The fourth-order valence-electron chi connectivity index (χ4n) is 3.08. The average Bonchev–Trinajstić information content (AvgIpc) is 3.24. The fraction of sp³-hybridized carbons (Fsp3) is 0.250. The van der Waals surface area contributed by atoms with Crippen LogP contribution >= 0.6 is 11.3 Å². The first-order valence-electron chi connectivity index (χ1n) is 8.54. The Labute approximate surface area is 162 Å². The van der Waals surface area contributed by atoms with Gasteiger partial charge in [0, 0.05) is 34.0 Å². The van der Waals surface area contributed by atoms with Gasteiger partial charge in [-0.15, -0.1) is 17.9 Å². The van der Waals surface area contributed by atoms with Crippen molar-refractivity contribution in [3.63, 3.8) is 0 Å². The van der Waals surface area contributed by atoms with Crippen molar-refractivity contribution in [2.75, 3.05) is 18.1 Å². The number of hydrogen-bond donors (Lipinski definition) is 0. The molecule has 142 valence electrons. The third kappa shape index (κ3) is 4.73.